The van der Waals surface area contributed by atoms with Gasteiger partial charge in [0.25, 0.3) is 10.0 Å². The van der Waals surface area contributed by atoms with Gasteiger partial charge in [-0.05, 0) is 37.7 Å². The Morgan fingerprint density at radius 2 is 2.00 bits per heavy atom. The van der Waals surface area contributed by atoms with Crippen LogP contribution in [0, 0.1) is 6.92 Å². The van der Waals surface area contributed by atoms with Crippen molar-refractivity contribution in [2.24, 2.45) is 0 Å². The molecule has 0 atom stereocenters. The molecule has 0 bridgehead atoms. The van der Waals surface area contributed by atoms with Gasteiger partial charge in [0, 0.05) is 11.4 Å². The Balaban J connectivity index is 2.34. The van der Waals surface area contributed by atoms with E-state index in [4.69, 9.17) is 23.2 Å². The van der Waals surface area contributed by atoms with E-state index in [2.05, 4.69) is 10.0 Å². The Morgan fingerprint density at radius 1 is 1.29 bits per heavy atom. The topological polar surface area (TPSA) is 58.2 Å². The number of rotatable bonds is 5. The number of hydrogen-bond donors (Lipinski definition) is 2. The van der Waals surface area contributed by atoms with Crippen molar-refractivity contribution in [1.29, 1.82) is 0 Å². The third-order valence-corrected chi connectivity index (χ3v) is 6.69. The molecule has 1 aromatic carbocycles. The summed E-state index contributed by atoms with van der Waals surface area (Å²) in [7, 11) is -1.86. The lowest BCUT2D eigenvalue weighted by Gasteiger charge is -2.08. The van der Waals surface area contributed by atoms with Gasteiger partial charge in [0.05, 0.1) is 15.7 Å². The fourth-order valence-corrected chi connectivity index (χ4v) is 4.81. The van der Waals surface area contributed by atoms with Gasteiger partial charge in [0.15, 0.2) is 0 Å². The van der Waals surface area contributed by atoms with Crippen molar-refractivity contribution in [3.8, 4) is 0 Å². The van der Waals surface area contributed by atoms with E-state index in [0.717, 1.165) is 10.4 Å². The second-order valence-corrected chi connectivity index (χ2v) is 8.24. The maximum absolute atomic E-state index is 12.4. The Morgan fingerprint density at radius 3 is 2.67 bits per heavy atom. The molecule has 2 N–H and O–H groups in total. The predicted molar refractivity (Wildman–Crippen MR) is 89.1 cm³/mol. The highest BCUT2D eigenvalue weighted by Gasteiger charge is 2.20. The maximum Gasteiger partial charge on any atom is 0.271 e. The summed E-state index contributed by atoms with van der Waals surface area (Å²) in [4.78, 5) is 0.982. The normalized spacial score (nSPS) is 11.6. The van der Waals surface area contributed by atoms with E-state index in [1.807, 2.05) is 14.0 Å². The Bertz CT molecular complexity index is 758. The van der Waals surface area contributed by atoms with Crippen LogP contribution in [0.3, 0.4) is 0 Å². The maximum atomic E-state index is 12.4. The monoisotopic (exact) mass is 364 g/mol. The van der Waals surface area contributed by atoms with Gasteiger partial charge in [-0.3, -0.25) is 4.72 Å². The minimum absolute atomic E-state index is 0.187. The lowest BCUT2D eigenvalue weighted by atomic mass is 10.3. The molecule has 2 rings (SSSR count). The molecule has 0 radical (unpaired) electrons. The Kier molecular flexibility index (Phi) is 5.16. The van der Waals surface area contributed by atoms with E-state index in [1.165, 1.54) is 11.3 Å². The summed E-state index contributed by atoms with van der Waals surface area (Å²) in [6.07, 6.45) is 0. The standard InChI is InChI=1S/C13H14Cl2N2O2S2/c1-8-6-12(20-11(8)7-16-2)21(18,19)17-10-5-3-4-9(14)13(10)15/h3-6,16-17H,7H2,1-2H3. The van der Waals surface area contributed by atoms with Gasteiger partial charge in [-0.15, -0.1) is 11.3 Å². The van der Waals surface area contributed by atoms with Crippen LogP contribution in [0.2, 0.25) is 10.0 Å². The highest BCUT2D eigenvalue weighted by Crippen LogP contribution is 2.33. The molecule has 0 saturated heterocycles. The van der Waals surface area contributed by atoms with E-state index >= 15 is 0 Å². The highest BCUT2D eigenvalue weighted by molar-refractivity contribution is 7.94. The first kappa shape index (κ1) is 16.6. The molecule has 4 nitrogen and oxygen atoms in total. The van der Waals surface area contributed by atoms with Crippen LogP contribution in [0.15, 0.2) is 28.5 Å². The van der Waals surface area contributed by atoms with Crippen molar-refractivity contribution in [3.05, 3.63) is 44.8 Å². The molecule has 21 heavy (non-hydrogen) atoms. The molecule has 0 fully saturated rings. The van der Waals surface area contributed by atoms with Crippen LogP contribution in [-0.4, -0.2) is 15.5 Å². The molecule has 1 aromatic heterocycles. The Labute approximate surface area is 138 Å². The Hall–Kier alpha value is -0.790. The minimum atomic E-state index is -3.67. The predicted octanol–water partition coefficient (Wildman–Crippen LogP) is 3.88. The summed E-state index contributed by atoms with van der Waals surface area (Å²) in [5, 5.41) is 3.50. The summed E-state index contributed by atoms with van der Waals surface area (Å²) in [5.41, 5.74) is 1.21. The van der Waals surface area contributed by atoms with Crippen LogP contribution in [0.5, 0.6) is 0 Å². The smallest absolute Gasteiger partial charge is 0.271 e. The van der Waals surface area contributed by atoms with Gasteiger partial charge < -0.3 is 5.32 Å². The average Bonchev–Trinajstić information content (AvgIpc) is 2.78. The molecule has 114 valence electrons. The van der Waals surface area contributed by atoms with Crippen LogP contribution in [0.1, 0.15) is 10.4 Å². The number of hydrogen-bond acceptors (Lipinski definition) is 4. The molecule has 8 heteroatoms. The van der Waals surface area contributed by atoms with Crippen molar-refractivity contribution >= 4 is 50.2 Å². The van der Waals surface area contributed by atoms with Crippen molar-refractivity contribution < 1.29 is 8.42 Å². The quantitative estimate of drug-likeness (QED) is 0.845. The number of aryl methyl sites for hydroxylation is 1. The van der Waals surface area contributed by atoms with Crippen molar-refractivity contribution in [3.63, 3.8) is 0 Å². The third-order valence-electron chi connectivity index (χ3n) is 2.80. The first-order valence-electron chi connectivity index (χ1n) is 6.06. The molecule has 1 heterocycles. The first-order chi connectivity index (χ1) is 9.85. The van der Waals surface area contributed by atoms with E-state index in [1.54, 1.807) is 24.3 Å². The molecule has 0 spiro atoms. The molecule has 0 aliphatic carbocycles. The van der Waals surface area contributed by atoms with Crippen molar-refractivity contribution in [1.82, 2.24) is 5.32 Å². The van der Waals surface area contributed by atoms with Crippen molar-refractivity contribution in [2.45, 2.75) is 17.7 Å². The van der Waals surface area contributed by atoms with E-state index in [-0.39, 0.29) is 14.9 Å². The molecular formula is C13H14Cl2N2O2S2. The largest absolute Gasteiger partial charge is 0.315 e. The van der Waals surface area contributed by atoms with Gasteiger partial charge in [-0.25, -0.2) is 8.42 Å². The average molecular weight is 365 g/mol. The summed E-state index contributed by atoms with van der Waals surface area (Å²) < 4.78 is 27.5. The number of anilines is 1. The molecule has 0 unspecified atom stereocenters. The van der Waals surface area contributed by atoms with E-state index in [0.29, 0.717) is 11.6 Å². The third kappa shape index (κ3) is 3.70. The summed E-state index contributed by atoms with van der Waals surface area (Å²) in [6.45, 7) is 2.51. The number of thiophene rings is 1. The van der Waals surface area contributed by atoms with Gasteiger partial charge in [0.1, 0.15) is 4.21 Å². The van der Waals surface area contributed by atoms with Crippen LogP contribution in [0.4, 0.5) is 5.69 Å². The second kappa shape index (κ2) is 6.54. The molecule has 0 aliphatic rings. The van der Waals surface area contributed by atoms with Crippen LogP contribution >= 0.6 is 34.5 Å². The van der Waals surface area contributed by atoms with E-state index < -0.39 is 10.0 Å². The molecule has 2 aromatic rings. The number of sulfonamides is 1. The zero-order chi connectivity index (χ0) is 15.6. The van der Waals surface area contributed by atoms with Crippen molar-refractivity contribution in [2.75, 3.05) is 11.8 Å². The van der Waals surface area contributed by atoms with Crippen LogP contribution < -0.4 is 10.0 Å². The van der Waals surface area contributed by atoms with Gasteiger partial charge in [0.2, 0.25) is 0 Å². The second-order valence-electron chi connectivity index (χ2n) is 4.41. The van der Waals surface area contributed by atoms with Gasteiger partial charge >= 0.3 is 0 Å². The number of halogens is 2. The zero-order valence-electron chi connectivity index (χ0n) is 11.4. The molecule has 0 amide bonds. The van der Waals surface area contributed by atoms with E-state index in [9.17, 15) is 8.42 Å². The zero-order valence-corrected chi connectivity index (χ0v) is 14.6. The summed E-state index contributed by atoms with van der Waals surface area (Å²) in [6, 6.07) is 6.46. The fraction of sp³-hybridized carbons (Fsp3) is 0.231. The molecular weight excluding hydrogens is 351 g/mol. The summed E-state index contributed by atoms with van der Waals surface area (Å²) >= 11 is 13.1. The number of benzene rings is 1. The summed E-state index contributed by atoms with van der Waals surface area (Å²) in [5.74, 6) is 0. The fourth-order valence-electron chi connectivity index (χ4n) is 1.73. The number of nitrogens with one attached hydrogen (secondary N) is 2. The SMILES string of the molecule is CNCc1sc(S(=O)(=O)Nc2cccc(Cl)c2Cl)cc1C. The van der Waals surface area contributed by atoms with Crippen LogP contribution in [-0.2, 0) is 16.6 Å². The molecule has 0 saturated carbocycles. The minimum Gasteiger partial charge on any atom is -0.315 e. The van der Waals surface area contributed by atoms with Crippen LogP contribution in [0.25, 0.3) is 0 Å². The lowest BCUT2D eigenvalue weighted by Crippen LogP contribution is -2.11. The van der Waals surface area contributed by atoms with Gasteiger partial charge in [-0.2, -0.15) is 0 Å². The van der Waals surface area contributed by atoms with Gasteiger partial charge in [-0.1, -0.05) is 29.3 Å². The first-order valence-corrected chi connectivity index (χ1v) is 9.11. The molecule has 0 aliphatic heterocycles. The lowest BCUT2D eigenvalue weighted by molar-refractivity contribution is 0.603. The highest BCUT2D eigenvalue weighted by atomic mass is 35.5.